The quantitative estimate of drug-likeness (QED) is 0.814. The van der Waals surface area contributed by atoms with E-state index in [0.717, 1.165) is 12.8 Å². The summed E-state index contributed by atoms with van der Waals surface area (Å²) >= 11 is 0. The van der Waals surface area contributed by atoms with Crippen LogP contribution in [0.2, 0.25) is 0 Å². The van der Waals surface area contributed by atoms with Crippen molar-refractivity contribution < 1.29 is 4.39 Å². The molecule has 1 saturated carbocycles. The number of halogens is 1. The summed E-state index contributed by atoms with van der Waals surface area (Å²) in [6.45, 7) is 0.609. The summed E-state index contributed by atoms with van der Waals surface area (Å²) in [6.07, 6.45) is 7.86. The van der Waals surface area contributed by atoms with Gasteiger partial charge in [0.05, 0.1) is 0 Å². The molecule has 110 valence electrons. The zero-order valence-electron chi connectivity index (χ0n) is 11.7. The molecular weight excluding hydrogens is 271 g/mol. The molecule has 2 aromatic rings. The van der Waals surface area contributed by atoms with Crippen molar-refractivity contribution in [3.05, 3.63) is 63.2 Å². The van der Waals surface area contributed by atoms with E-state index in [9.17, 15) is 14.0 Å². The summed E-state index contributed by atoms with van der Waals surface area (Å²) in [5, 5.41) is 0. The molecule has 21 heavy (non-hydrogen) atoms. The van der Waals surface area contributed by atoms with Crippen LogP contribution in [0, 0.1) is 11.7 Å². The second-order valence-electron chi connectivity index (χ2n) is 5.56. The molecule has 0 N–H and O–H groups in total. The van der Waals surface area contributed by atoms with Gasteiger partial charge >= 0.3 is 11.1 Å². The fourth-order valence-corrected chi connectivity index (χ4v) is 2.93. The van der Waals surface area contributed by atoms with Crippen molar-refractivity contribution in [1.82, 2.24) is 9.13 Å². The van der Waals surface area contributed by atoms with Crippen LogP contribution < -0.4 is 11.1 Å². The van der Waals surface area contributed by atoms with Crippen molar-refractivity contribution in [2.75, 3.05) is 0 Å². The largest absolute Gasteiger partial charge is 0.320 e. The molecule has 0 amide bonds. The van der Waals surface area contributed by atoms with Crippen LogP contribution in [0.1, 0.15) is 25.7 Å². The monoisotopic (exact) mass is 288 g/mol. The van der Waals surface area contributed by atoms with Gasteiger partial charge in [-0.2, -0.15) is 0 Å². The molecular formula is C16H17FN2O2. The predicted molar refractivity (Wildman–Crippen MR) is 78.2 cm³/mol. The normalized spacial score (nSPS) is 15.5. The molecule has 0 radical (unpaired) electrons. The van der Waals surface area contributed by atoms with Gasteiger partial charge in [-0.05, 0) is 43.0 Å². The van der Waals surface area contributed by atoms with Gasteiger partial charge in [0, 0.05) is 24.6 Å². The number of hydrogen-bond donors (Lipinski definition) is 0. The molecule has 0 bridgehead atoms. The zero-order valence-corrected chi connectivity index (χ0v) is 11.7. The number of hydrogen-bond acceptors (Lipinski definition) is 2. The minimum Gasteiger partial charge on any atom is -0.309 e. The predicted octanol–water partition coefficient (Wildman–Crippen LogP) is 2.33. The molecule has 3 rings (SSSR count). The molecule has 4 nitrogen and oxygen atoms in total. The van der Waals surface area contributed by atoms with Crippen molar-refractivity contribution >= 4 is 0 Å². The van der Waals surface area contributed by atoms with Crippen LogP contribution in [0.25, 0.3) is 5.69 Å². The maximum absolute atomic E-state index is 12.9. The van der Waals surface area contributed by atoms with Crippen molar-refractivity contribution in [2.45, 2.75) is 32.2 Å². The van der Waals surface area contributed by atoms with E-state index in [0.29, 0.717) is 18.2 Å². The van der Waals surface area contributed by atoms with Gasteiger partial charge in [0.25, 0.3) is 0 Å². The summed E-state index contributed by atoms with van der Waals surface area (Å²) < 4.78 is 15.7. The molecule has 1 aliphatic carbocycles. The van der Waals surface area contributed by atoms with Crippen LogP contribution in [0.5, 0.6) is 0 Å². The minimum absolute atomic E-state index is 0.374. The highest BCUT2D eigenvalue weighted by Gasteiger charge is 2.17. The lowest BCUT2D eigenvalue weighted by atomic mass is 10.1. The molecule has 1 fully saturated rings. The zero-order chi connectivity index (χ0) is 14.8. The molecule has 0 atom stereocenters. The molecule has 1 aliphatic rings. The lowest BCUT2D eigenvalue weighted by Crippen LogP contribution is -2.40. The van der Waals surface area contributed by atoms with Gasteiger partial charge in [-0.1, -0.05) is 12.8 Å². The second kappa shape index (κ2) is 5.68. The van der Waals surface area contributed by atoms with Crippen LogP contribution in [0.15, 0.2) is 46.2 Å². The third-order valence-electron chi connectivity index (χ3n) is 4.09. The second-order valence-corrected chi connectivity index (χ2v) is 5.56. The SMILES string of the molecule is O=c1c(=O)n(-c2ccc(F)cc2)ccn1CC1CCCC1. The maximum atomic E-state index is 12.9. The van der Waals surface area contributed by atoms with Crippen molar-refractivity contribution in [2.24, 2.45) is 5.92 Å². The Bertz CT molecular complexity index is 740. The van der Waals surface area contributed by atoms with Gasteiger partial charge in [0.2, 0.25) is 0 Å². The number of aromatic nitrogens is 2. The average Bonchev–Trinajstić information content (AvgIpc) is 2.98. The molecule has 1 aromatic carbocycles. The Morgan fingerprint density at radius 2 is 1.67 bits per heavy atom. The van der Waals surface area contributed by atoms with Crippen molar-refractivity contribution in [1.29, 1.82) is 0 Å². The molecule has 0 unspecified atom stereocenters. The molecule has 0 aliphatic heterocycles. The first-order chi connectivity index (χ1) is 10.1. The molecule has 5 heteroatoms. The van der Waals surface area contributed by atoms with Crippen LogP contribution in [-0.2, 0) is 6.54 Å². The van der Waals surface area contributed by atoms with Crippen LogP contribution >= 0.6 is 0 Å². The van der Waals surface area contributed by atoms with E-state index < -0.39 is 11.1 Å². The Morgan fingerprint density at radius 1 is 1.00 bits per heavy atom. The summed E-state index contributed by atoms with van der Waals surface area (Å²) in [7, 11) is 0. The average molecular weight is 288 g/mol. The lowest BCUT2D eigenvalue weighted by Gasteiger charge is -2.12. The molecule has 1 heterocycles. The van der Waals surface area contributed by atoms with Crippen LogP contribution in [-0.4, -0.2) is 9.13 Å². The van der Waals surface area contributed by atoms with Gasteiger partial charge < -0.3 is 4.57 Å². The van der Waals surface area contributed by atoms with E-state index in [4.69, 9.17) is 0 Å². The Balaban J connectivity index is 1.94. The molecule has 1 aromatic heterocycles. The van der Waals surface area contributed by atoms with Gasteiger partial charge in [-0.25, -0.2) is 4.39 Å². The van der Waals surface area contributed by atoms with E-state index in [1.54, 1.807) is 12.4 Å². The maximum Gasteiger partial charge on any atom is 0.320 e. The number of rotatable bonds is 3. The summed E-state index contributed by atoms with van der Waals surface area (Å²) in [5.74, 6) is 0.116. The lowest BCUT2D eigenvalue weighted by molar-refractivity contribution is 0.445. The third-order valence-corrected chi connectivity index (χ3v) is 4.09. The highest BCUT2D eigenvalue weighted by Crippen LogP contribution is 2.25. The van der Waals surface area contributed by atoms with E-state index in [-0.39, 0.29) is 5.82 Å². The van der Waals surface area contributed by atoms with Gasteiger partial charge in [-0.15, -0.1) is 0 Å². The molecule has 0 spiro atoms. The van der Waals surface area contributed by atoms with Crippen molar-refractivity contribution in [3.8, 4) is 5.69 Å². The van der Waals surface area contributed by atoms with E-state index in [1.165, 1.54) is 46.2 Å². The first kappa shape index (κ1) is 13.8. The number of benzene rings is 1. The summed E-state index contributed by atoms with van der Waals surface area (Å²) in [5.41, 5.74) is -0.623. The topological polar surface area (TPSA) is 44.0 Å². The minimum atomic E-state index is -0.595. The van der Waals surface area contributed by atoms with Crippen LogP contribution in [0.4, 0.5) is 4.39 Å². The van der Waals surface area contributed by atoms with E-state index in [1.807, 2.05) is 0 Å². The Hall–Kier alpha value is -2.17. The van der Waals surface area contributed by atoms with Gasteiger partial charge in [-0.3, -0.25) is 14.2 Å². The fraction of sp³-hybridized carbons (Fsp3) is 0.375. The van der Waals surface area contributed by atoms with Crippen LogP contribution in [0.3, 0.4) is 0 Å². The van der Waals surface area contributed by atoms with E-state index in [2.05, 4.69) is 0 Å². The first-order valence-electron chi connectivity index (χ1n) is 7.23. The Labute approximate surface area is 121 Å². The fourth-order valence-electron chi connectivity index (χ4n) is 2.93. The number of nitrogens with zero attached hydrogens (tertiary/aromatic N) is 2. The van der Waals surface area contributed by atoms with Gasteiger partial charge in [0.15, 0.2) is 0 Å². The third kappa shape index (κ3) is 2.82. The molecule has 0 saturated heterocycles. The Kier molecular flexibility index (Phi) is 3.73. The van der Waals surface area contributed by atoms with Gasteiger partial charge in [0.1, 0.15) is 5.82 Å². The standard InChI is InChI=1S/C16H17FN2O2/c17-13-5-7-14(8-6-13)19-10-9-18(15(20)16(19)21)11-12-3-1-2-4-12/h5-10,12H,1-4,11H2. The highest BCUT2D eigenvalue weighted by molar-refractivity contribution is 5.31. The van der Waals surface area contributed by atoms with E-state index >= 15 is 0 Å². The smallest absolute Gasteiger partial charge is 0.309 e. The highest BCUT2D eigenvalue weighted by atomic mass is 19.1. The van der Waals surface area contributed by atoms with Crippen molar-refractivity contribution in [3.63, 3.8) is 0 Å². The Morgan fingerprint density at radius 3 is 2.33 bits per heavy atom. The first-order valence-corrected chi connectivity index (χ1v) is 7.23. The summed E-state index contributed by atoms with van der Waals surface area (Å²) in [6, 6.07) is 5.51. The summed E-state index contributed by atoms with van der Waals surface area (Å²) in [4.78, 5) is 24.4.